The van der Waals surface area contributed by atoms with Crippen LogP contribution in [-0.4, -0.2) is 9.97 Å². The van der Waals surface area contributed by atoms with Gasteiger partial charge in [0, 0.05) is 11.8 Å². The molecule has 1 aliphatic carbocycles. The Morgan fingerprint density at radius 2 is 2.12 bits per heavy atom. The van der Waals surface area contributed by atoms with Crippen molar-refractivity contribution in [3.8, 4) is 11.1 Å². The van der Waals surface area contributed by atoms with E-state index in [0.717, 1.165) is 17.0 Å². The van der Waals surface area contributed by atoms with E-state index in [9.17, 15) is 0 Å². The fraction of sp³-hybridized carbons (Fsp3) is 0.286. The molecule has 0 bridgehead atoms. The highest BCUT2D eigenvalue weighted by molar-refractivity contribution is 6.32. The van der Waals surface area contributed by atoms with E-state index in [-0.39, 0.29) is 0 Å². The Morgan fingerprint density at radius 3 is 2.82 bits per heavy atom. The summed E-state index contributed by atoms with van der Waals surface area (Å²) in [6, 6.07) is 8.57. The van der Waals surface area contributed by atoms with Gasteiger partial charge in [-0.25, -0.2) is 9.97 Å². The molecule has 1 aromatic heterocycles. The molecule has 1 fully saturated rings. The van der Waals surface area contributed by atoms with Crippen molar-refractivity contribution in [1.29, 1.82) is 0 Å². The van der Waals surface area contributed by atoms with Gasteiger partial charge in [-0.3, -0.25) is 0 Å². The van der Waals surface area contributed by atoms with E-state index in [2.05, 4.69) is 34.2 Å². The fourth-order valence-electron chi connectivity index (χ4n) is 2.21. The Kier molecular flexibility index (Phi) is 2.81. The third-order valence-corrected chi connectivity index (χ3v) is 3.74. The van der Waals surface area contributed by atoms with Crippen molar-refractivity contribution in [2.75, 3.05) is 0 Å². The molecule has 3 heteroatoms. The largest absolute Gasteiger partial charge is 0.244 e. The number of halogens is 1. The van der Waals surface area contributed by atoms with Crippen molar-refractivity contribution in [2.24, 2.45) is 0 Å². The van der Waals surface area contributed by atoms with E-state index in [0.29, 0.717) is 5.15 Å². The lowest BCUT2D eigenvalue weighted by molar-refractivity contribution is 0.420. The van der Waals surface area contributed by atoms with E-state index in [4.69, 9.17) is 11.6 Å². The molecule has 1 aliphatic rings. The molecule has 17 heavy (non-hydrogen) atoms. The molecule has 1 aromatic carbocycles. The summed E-state index contributed by atoms with van der Waals surface area (Å²) in [4.78, 5) is 8.05. The fourth-order valence-corrected chi connectivity index (χ4v) is 2.41. The number of benzene rings is 1. The predicted molar refractivity (Wildman–Crippen MR) is 69.1 cm³/mol. The highest BCUT2D eigenvalue weighted by Crippen LogP contribution is 2.38. The van der Waals surface area contributed by atoms with E-state index >= 15 is 0 Å². The molecule has 1 saturated carbocycles. The zero-order valence-corrected chi connectivity index (χ0v) is 10.2. The quantitative estimate of drug-likeness (QED) is 0.745. The molecule has 0 N–H and O–H groups in total. The van der Waals surface area contributed by atoms with Crippen molar-refractivity contribution < 1.29 is 0 Å². The van der Waals surface area contributed by atoms with Crippen molar-refractivity contribution in [3.63, 3.8) is 0 Å². The monoisotopic (exact) mass is 244 g/mol. The summed E-state index contributed by atoms with van der Waals surface area (Å²) in [6.07, 6.45) is 7.21. The molecule has 86 valence electrons. The zero-order valence-electron chi connectivity index (χ0n) is 9.44. The minimum atomic E-state index is 0.519. The van der Waals surface area contributed by atoms with Gasteiger partial charge >= 0.3 is 0 Å². The number of hydrogen-bond acceptors (Lipinski definition) is 2. The molecule has 0 saturated heterocycles. The van der Waals surface area contributed by atoms with Crippen LogP contribution in [-0.2, 0) is 0 Å². The average molecular weight is 245 g/mol. The second-order valence-corrected chi connectivity index (χ2v) is 4.84. The van der Waals surface area contributed by atoms with Crippen molar-refractivity contribution in [2.45, 2.75) is 25.2 Å². The molecule has 0 atom stereocenters. The first-order valence-electron chi connectivity index (χ1n) is 5.90. The number of aromatic nitrogens is 2. The van der Waals surface area contributed by atoms with Crippen LogP contribution in [0.2, 0.25) is 5.15 Å². The smallest absolute Gasteiger partial charge is 0.140 e. The molecule has 0 amide bonds. The van der Waals surface area contributed by atoms with Gasteiger partial charge < -0.3 is 0 Å². The molecule has 2 nitrogen and oxygen atoms in total. The van der Waals surface area contributed by atoms with Gasteiger partial charge in [0.25, 0.3) is 0 Å². The first kappa shape index (κ1) is 10.7. The normalized spacial score (nSPS) is 15.6. The van der Waals surface area contributed by atoms with Gasteiger partial charge in [0.15, 0.2) is 0 Å². The highest BCUT2D eigenvalue weighted by atomic mass is 35.5. The van der Waals surface area contributed by atoms with Gasteiger partial charge in [0.05, 0.1) is 0 Å². The van der Waals surface area contributed by atoms with Gasteiger partial charge in [-0.05, 0) is 29.9 Å². The van der Waals surface area contributed by atoms with E-state index in [1.54, 1.807) is 6.20 Å². The van der Waals surface area contributed by atoms with Gasteiger partial charge in [0.2, 0.25) is 0 Å². The lowest BCUT2D eigenvalue weighted by Crippen LogP contribution is -2.08. The zero-order chi connectivity index (χ0) is 11.7. The summed E-state index contributed by atoms with van der Waals surface area (Å²) in [6.45, 7) is 0. The van der Waals surface area contributed by atoms with E-state index in [1.165, 1.54) is 31.2 Å². The van der Waals surface area contributed by atoms with Crippen LogP contribution in [0.4, 0.5) is 0 Å². The van der Waals surface area contributed by atoms with Gasteiger partial charge in [-0.15, -0.1) is 0 Å². The van der Waals surface area contributed by atoms with E-state index < -0.39 is 0 Å². The maximum atomic E-state index is 6.09. The summed E-state index contributed by atoms with van der Waals surface area (Å²) >= 11 is 6.09. The van der Waals surface area contributed by atoms with Crippen LogP contribution in [0.15, 0.2) is 36.8 Å². The molecular formula is C14H13ClN2. The third kappa shape index (κ3) is 2.05. The Hall–Kier alpha value is -1.41. The van der Waals surface area contributed by atoms with Crippen molar-refractivity contribution in [1.82, 2.24) is 9.97 Å². The van der Waals surface area contributed by atoms with Crippen LogP contribution in [0.1, 0.15) is 30.7 Å². The molecule has 0 spiro atoms. The Balaban J connectivity index is 2.00. The highest BCUT2D eigenvalue weighted by Gasteiger charge is 2.19. The molecule has 3 rings (SSSR count). The lowest BCUT2D eigenvalue weighted by atomic mass is 9.79. The standard InChI is InChI=1S/C14H13ClN2/c15-14-13(8-16-9-17-14)12-6-2-5-11(7-12)10-3-1-4-10/h2,5-10H,1,3-4H2. The first-order chi connectivity index (χ1) is 8.34. The molecule has 0 unspecified atom stereocenters. The third-order valence-electron chi connectivity index (χ3n) is 3.44. The Morgan fingerprint density at radius 1 is 1.24 bits per heavy atom. The predicted octanol–water partition coefficient (Wildman–Crippen LogP) is 4.06. The summed E-state index contributed by atoms with van der Waals surface area (Å²) < 4.78 is 0. The lowest BCUT2D eigenvalue weighted by Gasteiger charge is -2.26. The number of rotatable bonds is 2. The molecule has 2 aromatic rings. The summed E-state index contributed by atoms with van der Waals surface area (Å²) in [7, 11) is 0. The van der Waals surface area contributed by atoms with Crippen molar-refractivity contribution >= 4 is 11.6 Å². The maximum absolute atomic E-state index is 6.09. The van der Waals surface area contributed by atoms with Crippen LogP contribution in [0.5, 0.6) is 0 Å². The van der Waals surface area contributed by atoms with Gasteiger partial charge in [-0.1, -0.05) is 42.3 Å². The van der Waals surface area contributed by atoms with E-state index in [1.807, 2.05) is 0 Å². The van der Waals surface area contributed by atoms with Gasteiger partial charge in [0.1, 0.15) is 11.5 Å². The molecule has 0 radical (unpaired) electrons. The Labute approximate surface area is 106 Å². The average Bonchev–Trinajstić information content (AvgIpc) is 2.28. The molecule has 1 heterocycles. The number of nitrogens with zero attached hydrogens (tertiary/aromatic N) is 2. The summed E-state index contributed by atoms with van der Waals surface area (Å²) in [5.74, 6) is 0.735. The van der Waals surface area contributed by atoms with Gasteiger partial charge in [-0.2, -0.15) is 0 Å². The minimum Gasteiger partial charge on any atom is -0.244 e. The van der Waals surface area contributed by atoms with Crippen LogP contribution >= 0.6 is 11.6 Å². The van der Waals surface area contributed by atoms with Crippen LogP contribution in [0, 0.1) is 0 Å². The van der Waals surface area contributed by atoms with Crippen molar-refractivity contribution in [3.05, 3.63) is 47.5 Å². The Bertz CT molecular complexity index is 535. The maximum Gasteiger partial charge on any atom is 0.140 e. The summed E-state index contributed by atoms with van der Waals surface area (Å²) in [5.41, 5.74) is 3.43. The topological polar surface area (TPSA) is 25.8 Å². The van der Waals surface area contributed by atoms with Crippen LogP contribution in [0.3, 0.4) is 0 Å². The van der Waals surface area contributed by atoms with Crippen LogP contribution in [0.25, 0.3) is 11.1 Å². The SMILES string of the molecule is Clc1ncncc1-c1cccc(C2CCC2)c1. The summed E-state index contributed by atoms with van der Waals surface area (Å²) in [5, 5.41) is 0.519. The van der Waals surface area contributed by atoms with Crippen LogP contribution < -0.4 is 0 Å². The molecule has 0 aliphatic heterocycles. The second kappa shape index (κ2) is 4.46. The minimum absolute atomic E-state index is 0.519. The first-order valence-corrected chi connectivity index (χ1v) is 6.28. The second-order valence-electron chi connectivity index (χ2n) is 4.48. The molecular weight excluding hydrogens is 232 g/mol. The number of hydrogen-bond donors (Lipinski definition) is 0.